The summed E-state index contributed by atoms with van der Waals surface area (Å²) in [4.78, 5) is 42.1. The molecule has 1 aliphatic heterocycles. The third-order valence-corrected chi connectivity index (χ3v) is 4.74. The lowest BCUT2D eigenvalue weighted by atomic mass is 10.3. The number of nitrogen functional groups attached to an aromatic ring is 1. The third kappa shape index (κ3) is 4.94. The third-order valence-electron chi connectivity index (χ3n) is 3.70. The van der Waals surface area contributed by atoms with Crippen molar-refractivity contribution in [2.45, 2.75) is 25.4 Å². The molecule has 2 aromatic heterocycles. The van der Waals surface area contributed by atoms with Crippen LogP contribution in [0.1, 0.15) is 13.2 Å². The van der Waals surface area contributed by atoms with Gasteiger partial charge in [0.05, 0.1) is 6.10 Å². The summed E-state index contributed by atoms with van der Waals surface area (Å²) in [6.07, 6.45) is 1.59. The van der Waals surface area contributed by atoms with Gasteiger partial charge in [0, 0.05) is 18.6 Å². The maximum atomic E-state index is 12.4. The molecule has 4 atom stereocenters. The molecule has 14 heteroatoms. The predicted molar refractivity (Wildman–Crippen MR) is 97.2 cm³/mol. The number of carbonyl (C=O) groups is 1. The monoisotopic (exact) mass is 410 g/mol. The van der Waals surface area contributed by atoms with Crippen molar-refractivity contribution >= 4 is 27.3 Å². The lowest BCUT2D eigenvalue weighted by Gasteiger charge is -2.28. The van der Waals surface area contributed by atoms with Crippen molar-refractivity contribution in [1.82, 2.24) is 19.1 Å². The predicted octanol–water partition coefficient (Wildman–Crippen LogP) is -0.136. The summed E-state index contributed by atoms with van der Waals surface area (Å²) in [6, 6.07) is 1.39. The molecular formula is C14H18BN5O7P+. The van der Waals surface area contributed by atoms with E-state index in [1.165, 1.54) is 31.0 Å². The molecule has 1 saturated heterocycles. The lowest BCUT2D eigenvalue weighted by molar-refractivity contribution is -0.125. The van der Waals surface area contributed by atoms with Crippen LogP contribution < -0.4 is 11.4 Å². The number of hydrogen-bond donors (Lipinski definition) is 2. The summed E-state index contributed by atoms with van der Waals surface area (Å²) in [6.45, 7) is 1.11. The Labute approximate surface area is 161 Å². The van der Waals surface area contributed by atoms with E-state index < -0.39 is 44.6 Å². The molecule has 1 aliphatic rings. The molecule has 1 unspecified atom stereocenters. The molecule has 0 saturated carbocycles. The molecule has 3 N–H and O–H groups in total. The van der Waals surface area contributed by atoms with Crippen molar-refractivity contribution in [1.29, 1.82) is 0 Å². The van der Waals surface area contributed by atoms with E-state index in [1.54, 1.807) is 6.92 Å². The van der Waals surface area contributed by atoms with E-state index in [9.17, 15) is 14.5 Å². The highest BCUT2D eigenvalue weighted by molar-refractivity contribution is 7.85. The maximum Gasteiger partial charge on any atom is 0.488 e. The summed E-state index contributed by atoms with van der Waals surface area (Å²) in [5, 5.41) is 0. The number of ether oxygens (including phenoxy) is 2. The number of nitrogens with zero attached hydrogens (tertiary/aromatic N) is 4. The van der Waals surface area contributed by atoms with Crippen LogP contribution in [-0.4, -0.2) is 63.1 Å². The molecule has 2 radical (unpaired) electrons. The summed E-state index contributed by atoms with van der Waals surface area (Å²) < 4.78 is 23.8. The summed E-state index contributed by atoms with van der Waals surface area (Å²) >= 11 is 0. The number of rotatable bonds is 2. The van der Waals surface area contributed by atoms with E-state index in [0.717, 1.165) is 9.13 Å². The van der Waals surface area contributed by atoms with Gasteiger partial charge in [0.2, 0.25) is 0 Å². The fourth-order valence-electron chi connectivity index (χ4n) is 2.39. The Balaban J connectivity index is 1.96. The Hall–Kier alpha value is -2.31. The standard InChI is InChI=1S/C14H18BN5O7P/c1-9-6-24-28(15,23)25-7-10(27-14(22)19-5-3-17-8-19)12(26-9)20-4-2-11(16)18-13(20)21/h2-5,8-10,12,23H,6-7H2,1H3,(H2,16,18,21)/q+1/t9-,10-,12+,28?/m0/s1. The highest BCUT2D eigenvalue weighted by Crippen LogP contribution is 2.52. The molecule has 1 fully saturated rings. The summed E-state index contributed by atoms with van der Waals surface area (Å²) in [7, 11) is 1.95. The minimum atomic E-state index is -3.66. The number of aromatic nitrogens is 4. The zero-order chi connectivity index (χ0) is 20.3. The number of carbonyl (C=O) groups excluding carboxylic acids is 1. The molecule has 2 aromatic rings. The molecular weight excluding hydrogens is 392 g/mol. The SMILES string of the molecule is [B][P+]1(O)OC[C@H](OC(=O)n2ccnc2)[C@H](n2ccc(N)nc2=O)O[C@@H](C)CO1. The number of anilines is 1. The van der Waals surface area contributed by atoms with E-state index in [0.29, 0.717) is 0 Å². The maximum absolute atomic E-state index is 12.4. The van der Waals surface area contributed by atoms with Gasteiger partial charge >= 0.3 is 27.2 Å². The van der Waals surface area contributed by atoms with Crippen LogP contribution in [0.5, 0.6) is 0 Å². The van der Waals surface area contributed by atoms with Gasteiger partial charge in [-0.3, -0.25) is 4.57 Å². The van der Waals surface area contributed by atoms with Crippen LogP contribution in [0, 0.1) is 0 Å². The van der Waals surface area contributed by atoms with Gasteiger partial charge in [0.15, 0.2) is 12.3 Å². The first-order chi connectivity index (χ1) is 13.2. The molecule has 3 rings (SSSR count). The Morgan fingerprint density at radius 3 is 2.86 bits per heavy atom. The van der Waals surface area contributed by atoms with Gasteiger partial charge in [0.25, 0.3) is 0 Å². The van der Waals surface area contributed by atoms with Crippen LogP contribution in [0.25, 0.3) is 0 Å². The van der Waals surface area contributed by atoms with Crippen LogP contribution in [0.3, 0.4) is 0 Å². The van der Waals surface area contributed by atoms with Gasteiger partial charge in [-0.05, 0) is 13.0 Å². The van der Waals surface area contributed by atoms with Crippen molar-refractivity contribution in [2.24, 2.45) is 0 Å². The first kappa shape index (κ1) is 20.4. The van der Waals surface area contributed by atoms with Crippen molar-refractivity contribution < 1.29 is 28.2 Å². The molecule has 0 amide bonds. The van der Waals surface area contributed by atoms with Crippen LogP contribution in [0.4, 0.5) is 10.6 Å². The quantitative estimate of drug-likeness (QED) is 0.505. The second-order valence-electron chi connectivity index (χ2n) is 5.93. The van der Waals surface area contributed by atoms with Gasteiger partial charge in [-0.1, -0.05) is 0 Å². The van der Waals surface area contributed by atoms with E-state index in [4.69, 9.17) is 31.8 Å². The average molecular weight is 410 g/mol. The Bertz CT molecular complexity index is 877. The zero-order valence-electron chi connectivity index (χ0n) is 14.8. The van der Waals surface area contributed by atoms with Crippen LogP contribution in [0.15, 0.2) is 35.8 Å². The van der Waals surface area contributed by atoms with E-state index in [-0.39, 0.29) is 12.4 Å². The van der Waals surface area contributed by atoms with Gasteiger partial charge < -0.3 is 15.2 Å². The van der Waals surface area contributed by atoms with Crippen molar-refractivity contribution in [2.75, 3.05) is 18.9 Å². The van der Waals surface area contributed by atoms with Gasteiger partial charge in [-0.25, -0.2) is 24.0 Å². The van der Waals surface area contributed by atoms with Crippen LogP contribution >= 0.6 is 7.82 Å². The van der Waals surface area contributed by atoms with E-state index in [1.807, 2.05) is 0 Å². The van der Waals surface area contributed by atoms with Crippen molar-refractivity contribution in [3.05, 3.63) is 41.5 Å². The highest BCUT2D eigenvalue weighted by Gasteiger charge is 2.41. The first-order valence-electron chi connectivity index (χ1n) is 8.13. The highest BCUT2D eigenvalue weighted by atomic mass is 31.2. The molecule has 0 aliphatic carbocycles. The Morgan fingerprint density at radius 2 is 2.18 bits per heavy atom. The summed E-state index contributed by atoms with van der Waals surface area (Å²) in [5.74, 6) is 0.0196. The number of nitrogens with two attached hydrogens (primary N) is 1. The largest absolute Gasteiger partial charge is 0.488 e. The molecule has 0 spiro atoms. The van der Waals surface area contributed by atoms with Crippen LogP contribution in [-0.2, 0) is 18.5 Å². The van der Waals surface area contributed by atoms with Crippen molar-refractivity contribution in [3.8, 4) is 0 Å². The summed E-state index contributed by atoms with van der Waals surface area (Å²) in [5.41, 5.74) is 4.81. The fourth-order valence-corrected chi connectivity index (χ4v) is 3.25. The minimum Gasteiger partial charge on any atom is -0.438 e. The van der Waals surface area contributed by atoms with Gasteiger partial charge in [-0.15, -0.1) is 0 Å². The number of imidazole rings is 1. The van der Waals surface area contributed by atoms with Gasteiger partial charge in [-0.2, -0.15) is 14.0 Å². The second-order valence-corrected chi connectivity index (χ2v) is 7.57. The molecule has 28 heavy (non-hydrogen) atoms. The lowest BCUT2D eigenvalue weighted by Crippen LogP contribution is -2.41. The Morgan fingerprint density at radius 1 is 1.43 bits per heavy atom. The minimum absolute atomic E-state index is 0.0196. The molecule has 148 valence electrons. The van der Waals surface area contributed by atoms with E-state index in [2.05, 4.69) is 9.97 Å². The molecule has 12 nitrogen and oxygen atoms in total. The zero-order valence-corrected chi connectivity index (χ0v) is 15.7. The van der Waals surface area contributed by atoms with Crippen molar-refractivity contribution in [3.63, 3.8) is 0 Å². The first-order valence-corrected chi connectivity index (χ1v) is 9.78. The van der Waals surface area contributed by atoms with E-state index >= 15 is 0 Å². The topological polar surface area (TPSA) is 153 Å². The number of hydrogen-bond acceptors (Lipinski definition) is 10. The Kier molecular flexibility index (Phi) is 6.11. The average Bonchev–Trinajstić information content (AvgIpc) is 3.17. The van der Waals surface area contributed by atoms with Crippen LogP contribution in [0.2, 0.25) is 0 Å². The fraction of sp³-hybridized carbons (Fsp3) is 0.429. The normalized spacial score (nSPS) is 28.7. The smallest absolute Gasteiger partial charge is 0.438 e. The molecule has 0 aromatic carbocycles. The second kappa shape index (κ2) is 8.37. The molecule has 0 bridgehead atoms. The van der Waals surface area contributed by atoms with Gasteiger partial charge in [0.1, 0.15) is 25.4 Å². The molecule has 3 heterocycles.